The van der Waals surface area contributed by atoms with E-state index in [4.69, 9.17) is 18.0 Å². The highest BCUT2D eigenvalue weighted by Gasteiger charge is 2.15. The van der Waals surface area contributed by atoms with Crippen molar-refractivity contribution in [1.82, 2.24) is 19.7 Å². The minimum atomic E-state index is -0.624. The molecule has 2 aromatic rings. The highest BCUT2D eigenvalue weighted by atomic mass is 32.1. The van der Waals surface area contributed by atoms with E-state index in [2.05, 4.69) is 19.8 Å². The van der Waals surface area contributed by atoms with Crippen LogP contribution in [0.1, 0.15) is 16.2 Å². The van der Waals surface area contributed by atoms with Gasteiger partial charge in [-0.1, -0.05) is 12.2 Å². The highest BCUT2D eigenvalue weighted by Crippen LogP contribution is 2.10. The first-order chi connectivity index (χ1) is 8.63. The summed E-state index contributed by atoms with van der Waals surface area (Å²) < 4.78 is 5.84. The molecule has 0 atom stereocenters. The van der Waals surface area contributed by atoms with Crippen LogP contribution in [-0.2, 0) is 4.74 Å². The molecule has 0 aliphatic rings. The van der Waals surface area contributed by atoms with Crippen LogP contribution in [0, 0.1) is 0 Å². The molecule has 0 unspecified atom stereocenters. The van der Waals surface area contributed by atoms with Gasteiger partial charge in [-0.15, -0.1) is 5.10 Å². The van der Waals surface area contributed by atoms with Crippen molar-refractivity contribution in [3.8, 4) is 5.82 Å². The first-order valence-electron chi connectivity index (χ1n) is 4.88. The molecule has 2 aromatic heterocycles. The van der Waals surface area contributed by atoms with Gasteiger partial charge in [0.2, 0.25) is 0 Å². The molecule has 0 fully saturated rings. The Balaban J connectivity index is 2.46. The molecule has 0 saturated carbocycles. The van der Waals surface area contributed by atoms with Crippen molar-refractivity contribution >= 4 is 23.2 Å². The summed E-state index contributed by atoms with van der Waals surface area (Å²) in [4.78, 5) is 19.4. The number of methoxy groups -OCH3 is 1. The number of pyridine rings is 1. The summed E-state index contributed by atoms with van der Waals surface area (Å²) >= 11 is 4.92. The Bertz CT molecular complexity index is 610. The summed E-state index contributed by atoms with van der Waals surface area (Å²) in [7, 11) is 1.25. The van der Waals surface area contributed by atoms with Gasteiger partial charge < -0.3 is 10.5 Å². The van der Waals surface area contributed by atoms with Crippen LogP contribution >= 0.6 is 12.2 Å². The minimum absolute atomic E-state index is 0.0583. The van der Waals surface area contributed by atoms with Gasteiger partial charge in [-0.3, -0.25) is 0 Å². The smallest absolute Gasteiger partial charge is 0.377 e. The van der Waals surface area contributed by atoms with Gasteiger partial charge in [0.25, 0.3) is 5.82 Å². The molecule has 0 amide bonds. The van der Waals surface area contributed by atoms with Crippen LogP contribution in [0.15, 0.2) is 24.7 Å². The molecule has 0 spiro atoms. The average Bonchev–Trinajstić information content (AvgIpc) is 2.87. The van der Waals surface area contributed by atoms with E-state index in [1.807, 2.05) is 0 Å². The Morgan fingerprint density at radius 1 is 1.50 bits per heavy atom. The van der Waals surface area contributed by atoms with Crippen LogP contribution < -0.4 is 5.73 Å². The van der Waals surface area contributed by atoms with E-state index in [9.17, 15) is 4.79 Å². The highest BCUT2D eigenvalue weighted by molar-refractivity contribution is 7.80. The molecule has 0 radical (unpaired) electrons. The lowest BCUT2D eigenvalue weighted by atomic mass is 10.2. The van der Waals surface area contributed by atoms with Crippen molar-refractivity contribution in [3.05, 3.63) is 36.0 Å². The number of aromatic nitrogens is 4. The fourth-order valence-corrected chi connectivity index (χ4v) is 1.48. The van der Waals surface area contributed by atoms with Crippen molar-refractivity contribution in [3.63, 3.8) is 0 Å². The largest absolute Gasteiger partial charge is 0.463 e. The van der Waals surface area contributed by atoms with Crippen LogP contribution in [0.2, 0.25) is 0 Å². The predicted molar refractivity (Wildman–Crippen MR) is 66.4 cm³/mol. The maximum absolute atomic E-state index is 11.2. The molecular formula is C10H9N5O2S. The zero-order valence-electron chi connectivity index (χ0n) is 9.40. The van der Waals surface area contributed by atoms with Crippen molar-refractivity contribution in [2.75, 3.05) is 7.11 Å². The van der Waals surface area contributed by atoms with Gasteiger partial charge >= 0.3 is 5.97 Å². The average molecular weight is 263 g/mol. The zero-order chi connectivity index (χ0) is 13.1. The Kier molecular flexibility index (Phi) is 3.28. The minimum Gasteiger partial charge on any atom is -0.463 e. The van der Waals surface area contributed by atoms with E-state index in [1.54, 1.807) is 18.3 Å². The van der Waals surface area contributed by atoms with Crippen LogP contribution in [-0.4, -0.2) is 37.8 Å². The number of rotatable bonds is 3. The summed E-state index contributed by atoms with van der Waals surface area (Å²) in [6.45, 7) is 0. The number of esters is 1. The summed E-state index contributed by atoms with van der Waals surface area (Å²) in [6, 6.07) is 3.42. The Morgan fingerprint density at radius 3 is 2.94 bits per heavy atom. The molecule has 18 heavy (non-hydrogen) atoms. The molecule has 8 heteroatoms. The quantitative estimate of drug-likeness (QED) is 0.619. The molecule has 92 valence electrons. The molecule has 0 aliphatic heterocycles. The van der Waals surface area contributed by atoms with Gasteiger partial charge in [-0.25, -0.2) is 19.4 Å². The van der Waals surface area contributed by atoms with Crippen LogP contribution in [0.25, 0.3) is 5.82 Å². The predicted octanol–water partition coefficient (Wildman–Crippen LogP) is 0.0831. The molecule has 0 aliphatic carbocycles. The standard InChI is InChI=1S/C10H9N5O2S/c1-17-10(16)8-13-5-15(14-8)9-6(7(11)18)3-2-4-12-9/h2-5H,1H3,(H2,11,18). The normalized spacial score (nSPS) is 10.1. The Morgan fingerprint density at radius 2 is 2.28 bits per heavy atom. The van der Waals surface area contributed by atoms with Crippen molar-refractivity contribution in [1.29, 1.82) is 0 Å². The zero-order valence-corrected chi connectivity index (χ0v) is 10.2. The first-order valence-corrected chi connectivity index (χ1v) is 5.29. The van der Waals surface area contributed by atoms with Gasteiger partial charge in [0.1, 0.15) is 11.3 Å². The summed E-state index contributed by atoms with van der Waals surface area (Å²) in [6.07, 6.45) is 2.91. The number of carbonyl (C=O) groups excluding carboxylic acids is 1. The maximum Gasteiger partial charge on any atom is 0.377 e. The van der Waals surface area contributed by atoms with E-state index < -0.39 is 5.97 Å². The Labute approximate surface area is 108 Å². The lowest BCUT2D eigenvalue weighted by Gasteiger charge is -2.05. The number of ether oxygens (including phenoxy) is 1. The topological polar surface area (TPSA) is 95.9 Å². The van der Waals surface area contributed by atoms with Gasteiger partial charge in [0.05, 0.1) is 12.7 Å². The number of carbonyl (C=O) groups is 1. The molecule has 0 saturated heterocycles. The fourth-order valence-electron chi connectivity index (χ4n) is 1.32. The van der Waals surface area contributed by atoms with Gasteiger partial charge in [-0.2, -0.15) is 0 Å². The van der Waals surface area contributed by atoms with Crippen LogP contribution in [0.3, 0.4) is 0 Å². The lowest BCUT2D eigenvalue weighted by Crippen LogP contribution is -2.15. The first kappa shape index (κ1) is 12.1. The van der Waals surface area contributed by atoms with Crippen LogP contribution in [0.5, 0.6) is 0 Å². The molecule has 0 aromatic carbocycles. The van der Waals surface area contributed by atoms with Gasteiger partial charge in [0, 0.05) is 6.20 Å². The van der Waals surface area contributed by atoms with E-state index in [1.165, 1.54) is 18.1 Å². The summed E-state index contributed by atoms with van der Waals surface area (Å²) in [5.74, 6) is -0.272. The number of nitrogens with two attached hydrogens (primary N) is 1. The number of nitrogens with zero attached hydrogens (tertiary/aromatic N) is 4. The van der Waals surface area contributed by atoms with E-state index in [-0.39, 0.29) is 10.8 Å². The van der Waals surface area contributed by atoms with Crippen LogP contribution in [0.4, 0.5) is 0 Å². The number of thiocarbonyl (C=S) groups is 1. The fraction of sp³-hybridized carbons (Fsp3) is 0.100. The number of hydrogen-bond donors (Lipinski definition) is 1. The van der Waals surface area contributed by atoms with Crippen molar-refractivity contribution < 1.29 is 9.53 Å². The third-order valence-electron chi connectivity index (χ3n) is 2.13. The molecule has 2 N–H and O–H groups in total. The summed E-state index contributed by atoms with van der Waals surface area (Å²) in [5.41, 5.74) is 6.13. The van der Waals surface area contributed by atoms with E-state index in [0.29, 0.717) is 11.4 Å². The summed E-state index contributed by atoms with van der Waals surface area (Å²) in [5, 5.41) is 3.95. The Hall–Kier alpha value is -2.35. The molecule has 2 rings (SSSR count). The third-order valence-corrected chi connectivity index (χ3v) is 2.35. The molecular weight excluding hydrogens is 254 g/mol. The molecule has 2 heterocycles. The monoisotopic (exact) mass is 263 g/mol. The van der Waals surface area contributed by atoms with Crippen molar-refractivity contribution in [2.24, 2.45) is 5.73 Å². The SMILES string of the molecule is COC(=O)c1ncn(-c2ncccc2C(N)=S)n1. The van der Waals surface area contributed by atoms with Gasteiger partial charge in [-0.05, 0) is 12.1 Å². The second-order valence-corrected chi connectivity index (χ2v) is 3.68. The maximum atomic E-state index is 11.2. The van der Waals surface area contributed by atoms with E-state index >= 15 is 0 Å². The van der Waals surface area contributed by atoms with E-state index in [0.717, 1.165) is 0 Å². The molecule has 7 nitrogen and oxygen atoms in total. The second-order valence-electron chi connectivity index (χ2n) is 3.24. The van der Waals surface area contributed by atoms with Crippen molar-refractivity contribution in [2.45, 2.75) is 0 Å². The third kappa shape index (κ3) is 2.18. The second kappa shape index (κ2) is 4.88. The lowest BCUT2D eigenvalue weighted by molar-refractivity contribution is 0.0587. The number of hydrogen-bond acceptors (Lipinski definition) is 6. The van der Waals surface area contributed by atoms with Gasteiger partial charge in [0.15, 0.2) is 5.82 Å². The molecule has 0 bridgehead atoms.